The van der Waals surface area contributed by atoms with E-state index in [4.69, 9.17) is 9.47 Å². The lowest BCUT2D eigenvalue weighted by Crippen LogP contribution is -2.54. The SMILES string of the molecule is CCOC(=O)CN(C(=O)CN1CCN(C(=O)CN2CCOCC2)CC1)c1ccccc1. The van der Waals surface area contributed by atoms with Crippen molar-refractivity contribution in [3.05, 3.63) is 30.3 Å². The molecule has 0 spiro atoms. The van der Waals surface area contributed by atoms with Crippen LogP contribution in [0.4, 0.5) is 5.69 Å². The van der Waals surface area contributed by atoms with E-state index in [1.807, 2.05) is 28.0 Å². The minimum atomic E-state index is -0.432. The zero-order valence-electron chi connectivity index (χ0n) is 18.2. The Bertz CT molecular complexity index is 731. The maximum Gasteiger partial charge on any atom is 0.326 e. The second-order valence-corrected chi connectivity index (χ2v) is 7.67. The number of ether oxygens (including phenoxy) is 2. The van der Waals surface area contributed by atoms with E-state index in [0.29, 0.717) is 51.6 Å². The molecule has 2 amide bonds. The smallest absolute Gasteiger partial charge is 0.326 e. The van der Waals surface area contributed by atoms with Crippen molar-refractivity contribution < 1.29 is 23.9 Å². The van der Waals surface area contributed by atoms with Gasteiger partial charge in [0.25, 0.3) is 0 Å². The lowest BCUT2D eigenvalue weighted by molar-refractivity contribution is -0.142. The molecule has 0 atom stereocenters. The van der Waals surface area contributed by atoms with Gasteiger partial charge in [-0.2, -0.15) is 0 Å². The molecule has 0 radical (unpaired) electrons. The summed E-state index contributed by atoms with van der Waals surface area (Å²) in [5.41, 5.74) is 0.667. The number of benzene rings is 1. The summed E-state index contributed by atoms with van der Waals surface area (Å²) < 4.78 is 10.4. The first-order valence-corrected chi connectivity index (χ1v) is 10.9. The van der Waals surface area contributed by atoms with Gasteiger partial charge in [-0.1, -0.05) is 18.2 Å². The van der Waals surface area contributed by atoms with Crippen LogP contribution < -0.4 is 4.90 Å². The molecule has 0 saturated carbocycles. The van der Waals surface area contributed by atoms with E-state index in [-0.39, 0.29) is 31.5 Å². The Kier molecular flexibility index (Phi) is 8.81. The van der Waals surface area contributed by atoms with Gasteiger partial charge in [-0.3, -0.25) is 24.2 Å². The van der Waals surface area contributed by atoms with E-state index in [2.05, 4.69) is 4.90 Å². The van der Waals surface area contributed by atoms with Crippen molar-refractivity contribution in [3.8, 4) is 0 Å². The van der Waals surface area contributed by atoms with Crippen molar-refractivity contribution >= 4 is 23.5 Å². The topological polar surface area (TPSA) is 82.6 Å². The Morgan fingerprint density at radius 1 is 0.935 bits per heavy atom. The Hall–Kier alpha value is -2.49. The van der Waals surface area contributed by atoms with Gasteiger partial charge in [0.2, 0.25) is 11.8 Å². The molecule has 0 bridgehead atoms. The van der Waals surface area contributed by atoms with Gasteiger partial charge in [0.15, 0.2) is 0 Å². The van der Waals surface area contributed by atoms with Crippen LogP contribution in [0.2, 0.25) is 0 Å². The van der Waals surface area contributed by atoms with E-state index in [1.165, 1.54) is 4.90 Å². The van der Waals surface area contributed by atoms with Gasteiger partial charge in [-0.25, -0.2) is 0 Å². The molecule has 31 heavy (non-hydrogen) atoms. The van der Waals surface area contributed by atoms with Crippen LogP contribution in [0.3, 0.4) is 0 Å². The van der Waals surface area contributed by atoms with Crippen LogP contribution in [-0.2, 0) is 23.9 Å². The molecule has 0 N–H and O–H groups in total. The number of rotatable bonds is 8. The average Bonchev–Trinajstić information content (AvgIpc) is 2.79. The number of carbonyl (C=O) groups is 3. The first kappa shape index (κ1) is 23.2. The van der Waals surface area contributed by atoms with Crippen LogP contribution in [0.1, 0.15) is 6.92 Å². The number of carbonyl (C=O) groups excluding carboxylic acids is 3. The second-order valence-electron chi connectivity index (χ2n) is 7.67. The van der Waals surface area contributed by atoms with Gasteiger partial charge >= 0.3 is 5.97 Å². The molecule has 2 saturated heterocycles. The molecule has 0 aliphatic carbocycles. The van der Waals surface area contributed by atoms with E-state index >= 15 is 0 Å². The summed E-state index contributed by atoms with van der Waals surface area (Å²) in [5.74, 6) is -0.466. The number of hydrogen-bond donors (Lipinski definition) is 0. The second kappa shape index (κ2) is 11.8. The average molecular weight is 433 g/mol. The maximum absolute atomic E-state index is 13.0. The van der Waals surface area contributed by atoms with Crippen LogP contribution in [0, 0.1) is 0 Å². The lowest BCUT2D eigenvalue weighted by Gasteiger charge is -2.36. The molecule has 170 valence electrons. The zero-order chi connectivity index (χ0) is 22.1. The van der Waals surface area contributed by atoms with Crippen LogP contribution >= 0.6 is 0 Å². The van der Waals surface area contributed by atoms with E-state index < -0.39 is 5.97 Å². The van der Waals surface area contributed by atoms with Crippen LogP contribution in [0.5, 0.6) is 0 Å². The third kappa shape index (κ3) is 7.02. The molecule has 2 aliphatic rings. The minimum Gasteiger partial charge on any atom is -0.465 e. The van der Waals surface area contributed by atoms with Gasteiger partial charge < -0.3 is 19.3 Å². The molecule has 2 heterocycles. The number of hydrogen-bond acceptors (Lipinski definition) is 7. The number of para-hydroxylation sites is 1. The summed E-state index contributed by atoms with van der Waals surface area (Å²) in [4.78, 5) is 45.1. The fraction of sp³-hybridized carbons (Fsp3) is 0.591. The highest BCUT2D eigenvalue weighted by Gasteiger charge is 2.27. The standard InChI is InChI=1S/C22H32N4O5/c1-2-31-22(29)18-26(19-6-4-3-5-7-19)21(28)17-23-8-10-25(11-9-23)20(27)16-24-12-14-30-15-13-24/h3-7H,2,8-18H2,1H3. The highest BCUT2D eigenvalue weighted by molar-refractivity contribution is 5.98. The van der Waals surface area contributed by atoms with Crippen molar-refractivity contribution in [2.45, 2.75) is 6.92 Å². The van der Waals surface area contributed by atoms with E-state index in [9.17, 15) is 14.4 Å². The monoisotopic (exact) mass is 432 g/mol. The van der Waals surface area contributed by atoms with Gasteiger partial charge in [0, 0.05) is 45.0 Å². The van der Waals surface area contributed by atoms with Crippen LogP contribution in [0.25, 0.3) is 0 Å². The summed E-state index contributed by atoms with van der Waals surface area (Å²) in [6.45, 7) is 7.89. The molecular weight excluding hydrogens is 400 g/mol. The van der Waals surface area contributed by atoms with Gasteiger partial charge in [-0.05, 0) is 19.1 Å². The van der Waals surface area contributed by atoms with Crippen molar-refractivity contribution in [3.63, 3.8) is 0 Å². The predicted octanol–water partition coefficient (Wildman–Crippen LogP) is 0.0591. The molecule has 1 aromatic carbocycles. The number of esters is 1. The molecular formula is C22H32N4O5. The Morgan fingerprint density at radius 3 is 2.23 bits per heavy atom. The fourth-order valence-corrected chi connectivity index (χ4v) is 3.75. The van der Waals surface area contributed by atoms with Gasteiger partial charge in [0.05, 0.1) is 32.9 Å². The highest BCUT2D eigenvalue weighted by Crippen LogP contribution is 2.15. The van der Waals surface area contributed by atoms with Crippen molar-refractivity contribution in [1.82, 2.24) is 14.7 Å². The third-order valence-electron chi connectivity index (χ3n) is 5.51. The first-order chi connectivity index (χ1) is 15.1. The molecule has 3 rings (SSSR count). The van der Waals surface area contributed by atoms with Crippen molar-refractivity contribution in [2.75, 3.05) is 83.6 Å². The molecule has 2 aliphatic heterocycles. The van der Waals surface area contributed by atoms with Crippen molar-refractivity contribution in [1.29, 1.82) is 0 Å². The largest absolute Gasteiger partial charge is 0.465 e. The predicted molar refractivity (Wildman–Crippen MR) is 116 cm³/mol. The highest BCUT2D eigenvalue weighted by atomic mass is 16.5. The summed E-state index contributed by atoms with van der Waals surface area (Å²) in [5, 5.41) is 0. The summed E-state index contributed by atoms with van der Waals surface area (Å²) in [7, 11) is 0. The molecule has 9 nitrogen and oxygen atoms in total. The summed E-state index contributed by atoms with van der Waals surface area (Å²) in [6, 6.07) is 9.14. The third-order valence-corrected chi connectivity index (χ3v) is 5.51. The molecule has 9 heteroatoms. The minimum absolute atomic E-state index is 0.116. The first-order valence-electron chi connectivity index (χ1n) is 10.9. The number of amides is 2. The zero-order valence-corrected chi connectivity index (χ0v) is 18.2. The van der Waals surface area contributed by atoms with Crippen LogP contribution in [0.15, 0.2) is 30.3 Å². The molecule has 0 aromatic heterocycles. The normalized spacial score (nSPS) is 17.9. The van der Waals surface area contributed by atoms with E-state index in [1.54, 1.807) is 19.1 Å². The Balaban J connectivity index is 1.50. The van der Waals surface area contributed by atoms with Gasteiger partial charge in [0.1, 0.15) is 6.54 Å². The van der Waals surface area contributed by atoms with Crippen molar-refractivity contribution in [2.24, 2.45) is 0 Å². The number of morpholine rings is 1. The van der Waals surface area contributed by atoms with E-state index in [0.717, 1.165) is 13.1 Å². The quantitative estimate of drug-likeness (QED) is 0.537. The summed E-state index contributed by atoms with van der Waals surface area (Å²) in [6.07, 6.45) is 0. The number of nitrogens with zero attached hydrogens (tertiary/aromatic N) is 4. The van der Waals surface area contributed by atoms with Gasteiger partial charge in [-0.15, -0.1) is 0 Å². The number of piperazine rings is 1. The Labute approximate surface area is 183 Å². The maximum atomic E-state index is 13.0. The fourth-order valence-electron chi connectivity index (χ4n) is 3.75. The van der Waals surface area contributed by atoms with Crippen LogP contribution in [-0.4, -0.2) is 111 Å². The molecule has 1 aromatic rings. The Morgan fingerprint density at radius 2 is 1.58 bits per heavy atom. The lowest BCUT2D eigenvalue weighted by atomic mass is 10.2. The molecule has 2 fully saturated rings. The number of anilines is 1. The summed E-state index contributed by atoms with van der Waals surface area (Å²) >= 11 is 0. The molecule has 0 unspecified atom stereocenters.